The van der Waals surface area contributed by atoms with Crippen LogP contribution in [0.1, 0.15) is 39.0 Å². The number of piperidine rings is 2. The Morgan fingerprint density at radius 3 is 2.34 bits per heavy atom. The van der Waals surface area contributed by atoms with Crippen molar-refractivity contribution in [1.29, 1.82) is 0 Å². The number of guanidine groups is 1. The highest BCUT2D eigenvalue weighted by atomic mass is 127. The molecular weight excluding hydrogens is 505 g/mol. The number of likely N-dealkylation sites (tertiary alicyclic amines) is 1. The molecule has 0 amide bonds. The molecule has 0 spiro atoms. The molecule has 2 heterocycles. The molecule has 0 radical (unpaired) electrons. The third-order valence-electron chi connectivity index (χ3n) is 5.65. The molecule has 0 aromatic carbocycles. The van der Waals surface area contributed by atoms with E-state index >= 15 is 0 Å². The zero-order chi connectivity index (χ0) is 20.4. The van der Waals surface area contributed by atoms with Crippen LogP contribution in [-0.2, 0) is 14.8 Å². The van der Waals surface area contributed by atoms with Crippen LogP contribution in [0.3, 0.4) is 0 Å². The Labute approximate surface area is 194 Å². The lowest BCUT2D eigenvalue weighted by Crippen LogP contribution is -2.49. The van der Waals surface area contributed by atoms with Gasteiger partial charge in [-0.05, 0) is 44.9 Å². The fraction of sp³-hybridized carbons (Fsp3) is 0.947. The number of nitrogens with zero attached hydrogens (tertiary/aromatic N) is 3. The van der Waals surface area contributed by atoms with Gasteiger partial charge in [0.15, 0.2) is 5.96 Å². The van der Waals surface area contributed by atoms with Crippen molar-refractivity contribution >= 4 is 40.0 Å². The molecule has 2 aliphatic rings. The molecule has 0 bridgehead atoms. The smallest absolute Gasteiger partial charge is 0.211 e. The Balaban J connectivity index is 0.00000420. The number of nitrogens with one attached hydrogen (secondary N) is 2. The Kier molecular flexibility index (Phi) is 13.0. The minimum Gasteiger partial charge on any atom is -0.385 e. The minimum atomic E-state index is -3.06. The molecule has 2 saturated heterocycles. The van der Waals surface area contributed by atoms with Gasteiger partial charge in [0, 0.05) is 65.6 Å². The van der Waals surface area contributed by atoms with E-state index in [1.165, 1.54) is 6.26 Å². The molecule has 0 atom stereocenters. The van der Waals surface area contributed by atoms with Gasteiger partial charge in [-0.2, -0.15) is 0 Å². The van der Waals surface area contributed by atoms with Gasteiger partial charge in [-0.3, -0.25) is 4.99 Å². The van der Waals surface area contributed by atoms with E-state index in [2.05, 4.69) is 22.5 Å². The quantitative estimate of drug-likeness (QED) is 0.197. The van der Waals surface area contributed by atoms with Crippen molar-refractivity contribution in [3.63, 3.8) is 0 Å². The predicted octanol–water partition coefficient (Wildman–Crippen LogP) is 1.33. The van der Waals surface area contributed by atoms with Crippen molar-refractivity contribution in [2.45, 2.75) is 45.1 Å². The highest BCUT2D eigenvalue weighted by molar-refractivity contribution is 14.0. The zero-order valence-corrected chi connectivity index (χ0v) is 21.4. The number of hydrogen-bond acceptors (Lipinski definition) is 5. The number of ether oxygens (including phenoxy) is 1. The van der Waals surface area contributed by atoms with Crippen molar-refractivity contribution in [3.8, 4) is 0 Å². The van der Waals surface area contributed by atoms with E-state index in [9.17, 15) is 8.42 Å². The number of halogens is 1. The number of sulfonamides is 1. The van der Waals surface area contributed by atoms with Gasteiger partial charge < -0.3 is 20.3 Å². The van der Waals surface area contributed by atoms with Gasteiger partial charge in [0.2, 0.25) is 10.0 Å². The van der Waals surface area contributed by atoms with Gasteiger partial charge in [0.25, 0.3) is 0 Å². The summed E-state index contributed by atoms with van der Waals surface area (Å²) in [5, 5.41) is 6.96. The first-order chi connectivity index (χ1) is 13.4. The highest BCUT2D eigenvalue weighted by Crippen LogP contribution is 2.19. The van der Waals surface area contributed by atoms with Crippen LogP contribution in [0.25, 0.3) is 0 Å². The summed E-state index contributed by atoms with van der Waals surface area (Å²) in [6.45, 7) is 9.08. The molecule has 8 nitrogen and oxygen atoms in total. The van der Waals surface area contributed by atoms with E-state index in [0.717, 1.165) is 77.4 Å². The second-order valence-electron chi connectivity index (χ2n) is 7.93. The highest BCUT2D eigenvalue weighted by Gasteiger charge is 2.25. The summed E-state index contributed by atoms with van der Waals surface area (Å²) >= 11 is 0. The van der Waals surface area contributed by atoms with Crippen molar-refractivity contribution in [1.82, 2.24) is 19.8 Å². The van der Waals surface area contributed by atoms with Crippen molar-refractivity contribution in [2.75, 3.05) is 65.8 Å². The van der Waals surface area contributed by atoms with E-state index in [-0.39, 0.29) is 24.0 Å². The molecular formula is C19H40IN5O3S. The number of aliphatic imine (C=N–C) groups is 1. The topological polar surface area (TPSA) is 86.3 Å². The van der Waals surface area contributed by atoms with Crippen LogP contribution in [0.4, 0.5) is 0 Å². The van der Waals surface area contributed by atoms with Gasteiger partial charge in [-0.15, -0.1) is 24.0 Å². The van der Waals surface area contributed by atoms with Crippen LogP contribution in [0, 0.1) is 5.92 Å². The summed E-state index contributed by atoms with van der Waals surface area (Å²) in [6, 6.07) is 0.462. The molecule has 2 rings (SSSR count). The second-order valence-corrected chi connectivity index (χ2v) is 9.91. The van der Waals surface area contributed by atoms with Gasteiger partial charge in [0.05, 0.1) is 6.26 Å². The minimum absolute atomic E-state index is 0. The fourth-order valence-corrected chi connectivity index (χ4v) is 4.76. The van der Waals surface area contributed by atoms with Crippen molar-refractivity contribution < 1.29 is 13.2 Å². The first-order valence-corrected chi connectivity index (χ1v) is 12.5. The average molecular weight is 546 g/mol. The van der Waals surface area contributed by atoms with E-state index in [1.54, 1.807) is 11.4 Å². The molecule has 2 N–H and O–H groups in total. The van der Waals surface area contributed by atoms with Crippen LogP contribution in [-0.4, -0.2) is 95.4 Å². The summed E-state index contributed by atoms with van der Waals surface area (Å²) in [6.07, 6.45) is 6.42. The molecule has 0 aliphatic carbocycles. The fourth-order valence-electron chi connectivity index (χ4n) is 3.89. The van der Waals surface area contributed by atoms with Crippen LogP contribution in [0.15, 0.2) is 4.99 Å². The molecule has 0 unspecified atom stereocenters. The van der Waals surface area contributed by atoms with Gasteiger partial charge >= 0.3 is 0 Å². The maximum absolute atomic E-state index is 11.6. The molecule has 172 valence electrons. The summed E-state index contributed by atoms with van der Waals surface area (Å²) in [7, 11) is -1.30. The maximum Gasteiger partial charge on any atom is 0.211 e. The van der Waals surface area contributed by atoms with Crippen LogP contribution in [0.2, 0.25) is 0 Å². The molecule has 0 aromatic rings. The third kappa shape index (κ3) is 10.1. The lowest BCUT2D eigenvalue weighted by Gasteiger charge is -2.33. The van der Waals surface area contributed by atoms with E-state index in [0.29, 0.717) is 25.0 Å². The molecule has 0 aromatic heterocycles. The number of rotatable bonds is 9. The third-order valence-corrected chi connectivity index (χ3v) is 6.95. The summed E-state index contributed by atoms with van der Waals surface area (Å²) < 4.78 is 30.0. The van der Waals surface area contributed by atoms with Crippen LogP contribution in [0.5, 0.6) is 0 Å². The first-order valence-electron chi connectivity index (χ1n) is 10.6. The zero-order valence-electron chi connectivity index (χ0n) is 18.2. The maximum atomic E-state index is 11.6. The van der Waals surface area contributed by atoms with E-state index in [4.69, 9.17) is 9.73 Å². The molecule has 0 saturated carbocycles. The van der Waals surface area contributed by atoms with Crippen molar-refractivity contribution in [3.05, 3.63) is 0 Å². The average Bonchev–Trinajstić information content (AvgIpc) is 2.67. The Morgan fingerprint density at radius 1 is 1.14 bits per heavy atom. The summed E-state index contributed by atoms with van der Waals surface area (Å²) in [4.78, 5) is 7.31. The Morgan fingerprint density at radius 2 is 1.79 bits per heavy atom. The van der Waals surface area contributed by atoms with Crippen molar-refractivity contribution in [2.24, 2.45) is 10.9 Å². The van der Waals surface area contributed by atoms with Crippen LogP contribution >= 0.6 is 24.0 Å². The monoisotopic (exact) mass is 545 g/mol. The normalized spacial score (nSPS) is 21.0. The summed E-state index contributed by atoms with van der Waals surface area (Å²) in [5.41, 5.74) is 0. The van der Waals surface area contributed by atoms with Gasteiger partial charge in [-0.1, -0.05) is 0 Å². The summed E-state index contributed by atoms with van der Waals surface area (Å²) in [5.74, 6) is 1.35. The Bertz CT molecular complexity index is 574. The van der Waals surface area contributed by atoms with Crippen LogP contribution < -0.4 is 10.6 Å². The largest absolute Gasteiger partial charge is 0.385 e. The van der Waals surface area contributed by atoms with Gasteiger partial charge in [0.1, 0.15) is 0 Å². The lowest BCUT2D eigenvalue weighted by molar-refractivity contribution is 0.155. The Hall–Kier alpha value is -0.170. The predicted molar refractivity (Wildman–Crippen MR) is 130 cm³/mol. The van der Waals surface area contributed by atoms with Gasteiger partial charge in [-0.25, -0.2) is 12.7 Å². The number of methoxy groups -OCH3 is 1. The second kappa shape index (κ2) is 14.0. The molecule has 2 aliphatic heterocycles. The van der Waals surface area contributed by atoms with E-state index in [1.807, 2.05) is 0 Å². The number of hydrogen-bond donors (Lipinski definition) is 2. The SMILES string of the molecule is CCNC(=NCC1CCN(S(C)(=O)=O)CC1)NC1CCN(CCCOC)CC1.I. The molecule has 10 heteroatoms. The molecule has 29 heavy (non-hydrogen) atoms. The first kappa shape index (κ1) is 26.9. The molecule has 2 fully saturated rings. The standard InChI is InChI=1S/C19H39N5O3S.HI/c1-4-20-19(21-16-17-6-13-24(14-7-17)28(3,25)26)22-18-8-11-23(12-9-18)10-5-15-27-2;/h17-18H,4-16H2,1-3H3,(H2,20,21,22);1H. The van der Waals surface area contributed by atoms with E-state index < -0.39 is 10.0 Å². The lowest BCUT2D eigenvalue weighted by atomic mass is 9.98.